The van der Waals surface area contributed by atoms with E-state index in [0.717, 1.165) is 5.82 Å². The summed E-state index contributed by atoms with van der Waals surface area (Å²) in [5.41, 5.74) is 0.635. The molecule has 2 aromatic rings. The lowest BCUT2D eigenvalue weighted by molar-refractivity contribution is -0.122. The minimum Gasteiger partial charge on any atom is -0.354 e. The first-order valence-corrected chi connectivity index (χ1v) is 7.62. The van der Waals surface area contributed by atoms with Crippen LogP contribution in [-0.4, -0.2) is 27.2 Å². The van der Waals surface area contributed by atoms with Crippen LogP contribution in [0.3, 0.4) is 0 Å². The molecular weight excluding hydrogens is 303 g/mol. The maximum Gasteiger partial charge on any atom is 0.223 e. The molecule has 0 saturated heterocycles. The Morgan fingerprint density at radius 3 is 3.00 bits per heavy atom. The topological polar surface area (TPSA) is 62.7 Å². The molecule has 1 aliphatic carbocycles. The molecule has 0 spiro atoms. The van der Waals surface area contributed by atoms with Crippen molar-refractivity contribution in [3.05, 3.63) is 46.2 Å². The predicted octanol–water partition coefficient (Wildman–Crippen LogP) is 2.31. The third kappa shape index (κ3) is 2.94. The molecule has 5 nitrogen and oxygen atoms in total. The Labute approximate surface area is 132 Å². The van der Waals surface area contributed by atoms with Gasteiger partial charge in [-0.2, -0.15) is 5.10 Å². The summed E-state index contributed by atoms with van der Waals surface area (Å²) in [6.07, 6.45) is 0.705. The fourth-order valence-corrected chi connectivity index (χ4v) is 2.96. The smallest absolute Gasteiger partial charge is 0.223 e. The summed E-state index contributed by atoms with van der Waals surface area (Å²) in [6.45, 7) is 2.90. The van der Waals surface area contributed by atoms with Gasteiger partial charge in [0.1, 0.15) is 11.6 Å². The van der Waals surface area contributed by atoms with Gasteiger partial charge in [-0.3, -0.25) is 9.89 Å². The number of aromatic nitrogens is 3. The van der Waals surface area contributed by atoms with Gasteiger partial charge >= 0.3 is 0 Å². The molecule has 3 rings (SSSR count). The number of benzene rings is 1. The highest BCUT2D eigenvalue weighted by atomic mass is 32.1. The average molecular weight is 320 g/mol. The summed E-state index contributed by atoms with van der Waals surface area (Å²) in [5, 5.41) is 9.61. The third-order valence-electron chi connectivity index (χ3n) is 4.02. The molecular formula is C15H17FN4OS. The van der Waals surface area contributed by atoms with Crippen LogP contribution >= 0.6 is 12.2 Å². The maximum atomic E-state index is 13.7. The second-order valence-electron chi connectivity index (χ2n) is 5.49. The van der Waals surface area contributed by atoms with E-state index in [9.17, 15) is 9.18 Å². The fraction of sp³-hybridized carbons (Fsp3) is 0.400. The van der Waals surface area contributed by atoms with E-state index < -0.39 is 0 Å². The molecule has 1 heterocycles. The second-order valence-corrected chi connectivity index (χ2v) is 5.88. The first-order chi connectivity index (χ1) is 10.6. The van der Waals surface area contributed by atoms with Crippen molar-refractivity contribution in [3.8, 4) is 0 Å². The number of carbonyl (C=O) groups is 1. The van der Waals surface area contributed by atoms with Crippen molar-refractivity contribution in [2.75, 3.05) is 6.54 Å². The minimum absolute atomic E-state index is 0.000900. The Balaban J connectivity index is 1.52. The lowest BCUT2D eigenvalue weighted by Crippen LogP contribution is -2.29. The molecule has 1 aromatic heterocycles. The van der Waals surface area contributed by atoms with Crippen LogP contribution in [0.2, 0.25) is 0 Å². The summed E-state index contributed by atoms with van der Waals surface area (Å²) >= 11 is 5.10. The Morgan fingerprint density at radius 1 is 1.55 bits per heavy atom. The quantitative estimate of drug-likeness (QED) is 0.831. The lowest BCUT2D eigenvalue weighted by atomic mass is 10.1. The molecule has 1 saturated carbocycles. The minimum atomic E-state index is -0.233. The average Bonchev–Trinajstić information content (AvgIpc) is 3.23. The third-order valence-corrected chi connectivity index (χ3v) is 4.33. The van der Waals surface area contributed by atoms with Crippen molar-refractivity contribution in [2.24, 2.45) is 5.92 Å². The first kappa shape index (κ1) is 14.9. The normalized spacial score (nSPS) is 19.9. The largest absolute Gasteiger partial charge is 0.354 e. The molecule has 1 amide bonds. The second kappa shape index (κ2) is 6.00. The molecule has 1 fully saturated rings. The van der Waals surface area contributed by atoms with Crippen LogP contribution in [-0.2, 0) is 11.3 Å². The number of amides is 1. The number of nitrogens with one attached hydrogen (secondary N) is 2. The van der Waals surface area contributed by atoms with Crippen LogP contribution in [0.15, 0.2) is 24.3 Å². The van der Waals surface area contributed by atoms with Crippen molar-refractivity contribution in [1.29, 1.82) is 0 Å². The Bertz CT molecular complexity index is 754. The van der Waals surface area contributed by atoms with Crippen LogP contribution in [0.1, 0.15) is 23.7 Å². The van der Waals surface area contributed by atoms with Crippen molar-refractivity contribution in [2.45, 2.75) is 25.8 Å². The number of hydrogen-bond donors (Lipinski definition) is 2. The van der Waals surface area contributed by atoms with Crippen LogP contribution < -0.4 is 5.32 Å². The van der Waals surface area contributed by atoms with Crippen molar-refractivity contribution >= 4 is 18.1 Å². The summed E-state index contributed by atoms with van der Waals surface area (Å²) in [7, 11) is 0. The molecule has 0 aliphatic heterocycles. The molecule has 0 bridgehead atoms. The highest BCUT2D eigenvalue weighted by Gasteiger charge is 2.44. The van der Waals surface area contributed by atoms with Gasteiger partial charge in [0.05, 0.1) is 0 Å². The molecule has 0 radical (unpaired) electrons. The van der Waals surface area contributed by atoms with E-state index in [1.807, 2.05) is 11.5 Å². The molecule has 1 aromatic carbocycles. The molecule has 2 atom stereocenters. The number of nitrogens with zero attached hydrogens (tertiary/aromatic N) is 2. The van der Waals surface area contributed by atoms with Gasteiger partial charge < -0.3 is 9.88 Å². The zero-order valence-electron chi connectivity index (χ0n) is 12.2. The van der Waals surface area contributed by atoms with Gasteiger partial charge in [0.15, 0.2) is 4.77 Å². The molecule has 116 valence electrons. The highest BCUT2D eigenvalue weighted by Crippen LogP contribution is 2.48. The Kier molecular flexibility index (Phi) is 4.06. The monoisotopic (exact) mass is 320 g/mol. The van der Waals surface area contributed by atoms with Gasteiger partial charge in [0.2, 0.25) is 5.91 Å². The van der Waals surface area contributed by atoms with Gasteiger partial charge in [-0.15, -0.1) is 0 Å². The van der Waals surface area contributed by atoms with Gasteiger partial charge in [0.25, 0.3) is 0 Å². The highest BCUT2D eigenvalue weighted by molar-refractivity contribution is 7.71. The van der Waals surface area contributed by atoms with E-state index in [4.69, 9.17) is 12.2 Å². The number of H-pyrrole nitrogens is 1. The summed E-state index contributed by atoms with van der Waals surface area (Å²) < 4.78 is 16.1. The van der Waals surface area contributed by atoms with Gasteiger partial charge in [-0.05, 0) is 43.1 Å². The fourth-order valence-electron chi connectivity index (χ4n) is 2.69. The van der Waals surface area contributed by atoms with E-state index in [1.54, 1.807) is 18.2 Å². The summed E-state index contributed by atoms with van der Waals surface area (Å²) in [4.78, 5) is 12.1. The van der Waals surface area contributed by atoms with Crippen LogP contribution in [0, 0.1) is 23.4 Å². The van der Waals surface area contributed by atoms with Gasteiger partial charge in [-0.1, -0.05) is 18.2 Å². The van der Waals surface area contributed by atoms with E-state index in [1.165, 1.54) is 6.07 Å². The van der Waals surface area contributed by atoms with Gasteiger partial charge in [0, 0.05) is 19.0 Å². The zero-order valence-corrected chi connectivity index (χ0v) is 13.0. The van der Waals surface area contributed by atoms with Crippen molar-refractivity contribution < 1.29 is 9.18 Å². The summed E-state index contributed by atoms with van der Waals surface area (Å²) in [5.74, 6) is 0.397. The van der Waals surface area contributed by atoms with Crippen molar-refractivity contribution in [3.63, 3.8) is 0 Å². The molecule has 1 aliphatic rings. The number of halogens is 1. The van der Waals surface area contributed by atoms with E-state index >= 15 is 0 Å². The standard InChI is InChI=1S/C15H17FN4OS/c1-9-18-19-15(22)20(9)7-6-17-14(21)12-8-11(12)10-4-2-3-5-13(10)16/h2-5,11-12H,6-8H2,1H3,(H,17,21)(H,19,22)/t11-,12-/m0/s1. The molecule has 22 heavy (non-hydrogen) atoms. The first-order valence-electron chi connectivity index (χ1n) is 7.22. The number of carbonyl (C=O) groups excluding carboxylic acids is 1. The van der Waals surface area contributed by atoms with Crippen molar-refractivity contribution in [1.82, 2.24) is 20.1 Å². The summed E-state index contributed by atoms with van der Waals surface area (Å²) in [6, 6.07) is 6.65. The number of rotatable bonds is 5. The zero-order chi connectivity index (χ0) is 15.7. The Hall–Kier alpha value is -2.02. The maximum absolute atomic E-state index is 13.7. The Morgan fingerprint density at radius 2 is 2.32 bits per heavy atom. The van der Waals surface area contributed by atoms with E-state index in [0.29, 0.717) is 29.8 Å². The molecule has 0 unspecified atom stereocenters. The SMILES string of the molecule is Cc1n[nH]c(=S)n1CCNC(=O)[C@H]1C[C@H]1c1ccccc1F. The van der Waals surface area contributed by atoms with Crippen LogP contribution in [0.25, 0.3) is 0 Å². The van der Waals surface area contributed by atoms with E-state index in [2.05, 4.69) is 15.5 Å². The molecule has 7 heteroatoms. The predicted molar refractivity (Wildman–Crippen MR) is 82.4 cm³/mol. The molecule has 2 N–H and O–H groups in total. The van der Waals surface area contributed by atoms with Crippen LogP contribution in [0.4, 0.5) is 4.39 Å². The van der Waals surface area contributed by atoms with Crippen LogP contribution in [0.5, 0.6) is 0 Å². The number of hydrogen-bond acceptors (Lipinski definition) is 3. The number of aryl methyl sites for hydroxylation is 1. The number of aromatic amines is 1. The van der Waals surface area contributed by atoms with Gasteiger partial charge in [-0.25, -0.2) is 4.39 Å². The lowest BCUT2D eigenvalue weighted by Gasteiger charge is -2.07. The van der Waals surface area contributed by atoms with E-state index in [-0.39, 0.29) is 23.6 Å².